The van der Waals surface area contributed by atoms with E-state index in [9.17, 15) is 0 Å². The molecule has 84 valence electrons. The van der Waals surface area contributed by atoms with Crippen LogP contribution in [-0.4, -0.2) is 9.84 Å². The van der Waals surface area contributed by atoms with Crippen LogP contribution in [0.15, 0.2) is 29.2 Å². The first-order chi connectivity index (χ1) is 7.15. The second-order valence-electron chi connectivity index (χ2n) is 3.24. The van der Waals surface area contributed by atoms with Crippen LogP contribution in [0.2, 0.25) is 0 Å². The molecule has 0 bridgehead atoms. The number of rotatable bonds is 5. The lowest BCUT2D eigenvalue weighted by molar-refractivity contribution is 0.281. The van der Waals surface area contributed by atoms with Crippen LogP contribution in [0.25, 0.3) is 0 Å². The highest BCUT2D eigenvalue weighted by atomic mass is 79.9. The Labute approximate surface area is 113 Å². The molecule has 4 heteroatoms. The molecule has 0 amide bonds. The number of halogens is 2. The number of ether oxygens (including phenoxy) is 1. The molecular formula is C11H14Br2OS. The highest BCUT2D eigenvalue weighted by Gasteiger charge is 2.17. The lowest BCUT2D eigenvalue weighted by Gasteiger charge is -2.18. The standard InChI is InChI=1S/C11H14Br2OS/c1-2-5-8(12)11(13)14-9-6-3-4-7-10(9)15/h3-4,6-8,11,15H,2,5H2,1H3. The average molecular weight is 354 g/mol. The molecule has 1 aromatic rings. The largest absolute Gasteiger partial charge is 0.477 e. The van der Waals surface area contributed by atoms with Crippen LogP contribution in [0.4, 0.5) is 0 Å². The van der Waals surface area contributed by atoms with Gasteiger partial charge in [0.05, 0.1) is 4.83 Å². The van der Waals surface area contributed by atoms with Gasteiger partial charge >= 0.3 is 0 Å². The molecule has 0 saturated heterocycles. The summed E-state index contributed by atoms with van der Waals surface area (Å²) in [5.74, 6) is 0.809. The fourth-order valence-electron chi connectivity index (χ4n) is 1.16. The van der Waals surface area contributed by atoms with Crippen molar-refractivity contribution in [3.05, 3.63) is 24.3 Å². The van der Waals surface area contributed by atoms with Gasteiger partial charge in [-0.2, -0.15) is 0 Å². The first kappa shape index (κ1) is 13.4. The fourth-order valence-corrected chi connectivity index (χ4v) is 2.40. The Hall–Kier alpha value is 0.330. The second-order valence-corrected chi connectivity index (χ2v) is 5.80. The molecule has 0 saturated carbocycles. The zero-order chi connectivity index (χ0) is 11.3. The third kappa shape index (κ3) is 4.37. The summed E-state index contributed by atoms with van der Waals surface area (Å²) in [7, 11) is 0. The molecule has 0 fully saturated rings. The Bertz CT molecular complexity index is 306. The van der Waals surface area contributed by atoms with E-state index in [0.29, 0.717) is 4.83 Å². The maximum Gasteiger partial charge on any atom is 0.165 e. The number of hydrogen-bond donors (Lipinski definition) is 1. The second kappa shape index (κ2) is 6.81. The summed E-state index contributed by atoms with van der Waals surface area (Å²) >= 11 is 11.4. The summed E-state index contributed by atoms with van der Waals surface area (Å²) in [5.41, 5.74) is 0. The minimum atomic E-state index is -0.0225. The highest BCUT2D eigenvalue weighted by Crippen LogP contribution is 2.27. The SMILES string of the molecule is CCCC(Br)C(Br)Oc1ccccc1S. The van der Waals surface area contributed by atoms with Gasteiger partial charge in [-0.15, -0.1) is 12.6 Å². The van der Waals surface area contributed by atoms with Gasteiger partial charge in [0, 0.05) is 4.90 Å². The molecule has 1 aromatic carbocycles. The van der Waals surface area contributed by atoms with E-state index in [1.807, 2.05) is 24.3 Å². The van der Waals surface area contributed by atoms with E-state index in [4.69, 9.17) is 4.74 Å². The van der Waals surface area contributed by atoms with Crippen LogP contribution >= 0.6 is 44.5 Å². The van der Waals surface area contributed by atoms with Crippen molar-refractivity contribution in [2.45, 2.75) is 34.5 Å². The number of benzene rings is 1. The molecule has 0 spiro atoms. The van der Waals surface area contributed by atoms with Crippen LogP contribution in [0.1, 0.15) is 19.8 Å². The molecule has 2 atom stereocenters. The van der Waals surface area contributed by atoms with Crippen molar-refractivity contribution in [2.24, 2.45) is 0 Å². The number of para-hydroxylation sites is 1. The Morgan fingerprint density at radius 2 is 2.00 bits per heavy atom. The van der Waals surface area contributed by atoms with Crippen molar-refractivity contribution in [1.82, 2.24) is 0 Å². The predicted octanol–water partition coefficient (Wildman–Crippen LogP) is 4.64. The molecular weight excluding hydrogens is 340 g/mol. The van der Waals surface area contributed by atoms with E-state index in [0.717, 1.165) is 23.5 Å². The van der Waals surface area contributed by atoms with E-state index >= 15 is 0 Å². The molecule has 1 nitrogen and oxygen atoms in total. The summed E-state index contributed by atoms with van der Waals surface area (Å²) in [6.07, 6.45) is 2.20. The summed E-state index contributed by atoms with van der Waals surface area (Å²) < 4.78 is 5.75. The molecule has 0 aliphatic heterocycles. The van der Waals surface area contributed by atoms with Gasteiger partial charge in [-0.05, 0) is 34.5 Å². The Morgan fingerprint density at radius 1 is 1.33 bits per heavy atom. The topological polar surface area (TPSA) is 9.23 Å². The van der Waals surface area contributed by atoms with Crippen LogP contribution in [0.3, 0.4) is 0 Å². The lowest BCUT2D eigenvalue weighted by Crippen LogP contribution is -2.20. The third-order valence-electron chi connectivity index (χ3n) is 1.95. The monoisotopic (exact) mass is 352 g/mol. The van der Waals surface area contributed by atoms with Gasteiger partial charge < -0.3 is 4.74 Å². The first-order valence-electron chi connectivity index (χ1n) is 4.88. The highest BCUT2D eigenvalue weighted by molar-refractivity contribution is 9.12. The van der Waals surface area contributed by atoms with E-state index in [1.54, 1.807) is 0 Å². The minimum Gasteiger partial charge on any atom is -0.477 e. The molecule has 0 heterocycles. The van der Waals surface area contributed by atoms with Crippen LogP contribution < -0.4 is 4.74 Å². The van der Waals surface area contributed by atoms with Gasteiger partial charge in [0.2, 0.25) is 0 Å². The molecule has 2 unspecified atom stereocenters. The van der Waals surface area contributed by atoms with Crippen molar-refractivity contribution < 1.29 is 4.74 Å². The fraction of sp³-hybridized carbons (Fsp3) is 0.455. The molecule has 0 aliphatic rings. The number of thiol groups is 1. The zero-order valence-corrected chi connectivity index (χ0v) is 12.6. The molecule has 0 N–H and O–H groups in total. The van der Waals surface area contributed by atoms with Crippen LogP contribution in [0, 0.1) is 0 Å². The Balaban J connectivity index is 2.58. The Kier molecular flexibility index (Phi) is 6.09. The maximum absolute atomic E-state index is 5.75. The van der Waals surface area contributed by atoms with Gasteiger partial charge in [-0.1, -0.05) is 41.4 Å². The summed E-state index contributed by atoms with van der Waals surface area (Å²) in [6, 6.07) is 7.72. The van der Waals surface area contributed by atoms with E-state index in [2.05, 4.69) is 51.4 Å². The van der Waals surface area contributed by atoms with Crippen LogP contribution in [-0.2, 0) is 0 Å². The zero-order valence-electron chi connectivity index (χ0n) is 8.49. The van der Waals surface area contributed by atoms with Crippen molar-refractivity contribution in [2.75, 3.05) is 0 Å². The van der Waals surface area contributed by atoms with Crippen LogP contribution in [0.5, 0.6) is 5.75 Å². The number of hydrogen-bond acceptors (Lipinski definition) is 2. The van der Waals surface area contributed by atoms with E-state index in [1.165, 1.54) is 0 Å². The van der Waals surface area contributed by atoms with Gasteiger partial charge in [0.15, 0.2) is 5.01 Å². The van der Waals surface area contributed by atoms with Crippen molar-refractivity contribution in [1.29, 1.82) is 0 Å². The smallest absolute Gasteiger partial charge is 0.165 e. The minimum absolute atomic E-state index is 0.0225. The van der Waals surface area contributed by atoms with E-state index in [-0.39, 0.29) is 5.01 Å². The molecule has 15 heavy (non-hydrogen) atoms. The third-order valence-corrected chi connectivity index (χ3v) is 4.80. The van der Waals surface area contributed by atoms with Crippen molar-refractivity contribution >= 4 is 44.5 Å². The molecule has 0 aromatic heterocycles. The maximum atomic E-state index is 5.75. The molecule has 0 aliphatic carbocycles. The van der Waals surface area contributed by atoms with Crippen molar-refractivity contribution in [3.63, 3.8) is 0 Å². The normalized spacial score (nSPS) is 14.7. The Morgan fingerprint density at radius 3 is 2.60 bits per heavy atom. The quantitative estimate of drug-likeness (QED) is 0.599. The summed E-state index contributed by atoms with van der Waals surface area (Å²) in [5, 5.41) is -0.0225. The van der Waals surface area contributed by atoms with Gasteiger partial charge in [-0.25, -0.2) is 0 Å². The first-order valence-corrected chi connectivity index (χ1v) is 7.15. The van der Waals surface area contributed by atoms with Crippen molar-refractivity contribution in [3.8, 4) is 5.75 Å². The lowest BCUT2D eigenvalue weighted by atomic mass is 10.2. The van der Waals surface area contributed by atoms with E-state index < -0.39 is 0 Å². The van der Waals surface area contributed by atoms with Gasteiger partial charge in [0.25, 0.3) is 0 Å². The summed E-state index contributed by atoms with van der Waals surface area (Å²) in [4.78, 5) is 1.17. The average Bonchev–Trinajstić information content (AvgIpc) is 2.21. The van der Waals surface area contributed by atoms with Gasteiger partial charge in [-0.3, -0.25) is 0 Å². The molecule has 0 radical (unpaired) electrons. The summed E-state index contributed by atoms with van der Waals surface area (Å²) in [6.45, 7) is 2.15. The predicted molar refractivity (Wildman–Crippen MR) is 74.7 cm³/mol. The van der Waals surface area contributed by atoms with Gasteiger partial charge in [0.1, 0.15) is 5.75 Å². The number of alkyl halides is 2. The molecule has 1 rings (SSSR count).